The van der Waals surface area contributed by atoms with Crippen LogP contribution in [0.15, 0.2) is 42.5 Å². The number of amides is 2. The van der Waals surface area contributed by atoms with Crippen LogP contribution in [0.4, 0.5) is 17.1 Å². The molecule has 1 fully saturated rings. The zero-order valence-electron chi connectivity index (χ0n) is 17.2. The van der Waals surface area contributed by atoms with Crippen LogP contribution >= 0.6 is 0 Å². The number of piperazine rings is 1. The summed E-state index contributed by atoms with van der Waals surface area (Å²) in [7, 11) is 1.66. The maximum absolute atomic E-state index is 12.6. The smallest absolute Gasteiger partial charge is 0.241 e. The predicted molar refractivity (Wildman–Crippen MR) is 116 cm³/mol. The van der Waals surface area contributed by atoms with Gasteiger partial charge in [0.25, 0.3) is 0 Å². The van der Waals surface area contributed by atoms with Gasteiger partial charge in [-0.15, -0.1) is 0 Å². The standard InChI is InChI=1S/C22H28N4O3/c1-16-20(5-4-6-21(16)24-17(2)27)23-15-22(28)26-13-11-25(12-14-26)18-7-9-19(29-3)10-8-18/h4-10,23H,11-15H2,1-3H3,(H,24,27). The van der Waals surface area contributed by atoms with Gasteiger partial charge in [-0.25, -0.2) is 0 Å². The summed E-state index contributed by atoms with van der Waals surface area (Å²) < 4.78 is 5.20. The van der Waals surface area contributed by atoms with Crippen molar-refractivity contribution in [2.75, 3.05) is 55.4 Å². The molecule has 0 bridgehead atoms. The van der Waals surface area contributed by atoms with Gasteiger partial charge in [0.05, 0.1) is 13.7 Å². The third-order valence-electron chi connectivity index (χ3n) is 5.14. The molecule has 3 rings (SSSR count). The van der Waals surface area contributed by atoms with Crippen LogP contribution in [-0.2, 0) is 9.59 Å². The van der Waals surface area contributed by atoms with Gasteiger partial charge in [-0.05, 0) is 48.9 Å². The molecule has 2 N–H and O–H groups in total. The van der Waals surface area contributed by atoms with Gasteiger partial charge >= 0.3 is 0 Å². The average molecular weight is 396 g/mol. The summed E-state index contributed by atoms with van der Waals surface area (Å²) in [5, 5.41) is 6.01. The van der Waals surface area contributed by atoms with Crippen LogP contribution in [-0.4, -0.2) is 56.5 Å². The first kappa shape index (κ1) is 20.5. The summed E-state index contributed by atoms with van der Waals surface area (Å²) in [6, 6.07) is 13.6. The first-order chi connectivity index (χ1) is 14.0. The second-order valence-corrected chi connectivity index (χ2v) is 7.08. The molecule has 7 nitrogen and oxygen atoms in total. The predicted octanol–water partition coefficient (Wildman–Crippen LogP) is 2.72. The number of hydrogen-bond donors (Lipinski definition) is 2. The largest absolute Gasteiger partial charge is 0.497 e. The molecule has 1 aliphatic rings. The molecule has 0 unspecified atom stereocenters. The number of rotatable bonds is 6. The fourth-order valence-corrected chi connectivity index (χ4v) is 3.44. The number of carbonyl (C=O) groups excluding carboxylic acids is 2. The van der Waals surface area contributed by atoms with Crippen molar-refractivity contribution in [2.24, 2.45) is 0 Å². The van der Waals surface area contributed by atoms with E-state index in [1.165, 1.54) is 6.92 Å². The van der Waals surface area contributed by atoms with Crippen molar-refractivity contribution in [3.05, 3.63) is 48.0 Å². The highest BCUT2D eigenvalue weighted by atomic mass is 16.5. The van der Waals surface area contributed by atoms with E-state index >= 15 is 0 Å². The molecule has 0 radical (unpaired) electrons. The summed E-state index contributed by atoms with van der Waals surface area (Å²) in [5.41, 5.74) is 3.66. The third kappa shape index (κ3) is 5.19. The fraction of sp³-hybridized carbons (Fsp3) is 0.364. The fourth-order valence-electron chi connectivity index (χ4n) is 3.44. The number of ether oxygens (including phenoxy) is 1. The first-order valence-corrected chi connectivity index (χ1v) is 9.76. The lowest BCUT2D eigenvalue weighted by atomic mass is 10.1. The van der Waals surface area contributed by atoms with Gasteiger partial charge in [0.2, 0.25) is 11.8 Å². The van der Waals surface area contributed by atoms with E-state index in [2.05, 4.69) is 15.5 Å². The zero-order valence-corrected chi connectivity index (χ0v) is 17.2. The van der Waals surface area contributed by atoms with E-state index in [0.717, 1.165) is 41.5 Å². The van der Waals surface area contributed by atoms with E-state index in [-0.39, 0.29) is 18.4 Å². The number of benzene rings is 2. The Hall–Kier alpha value is -3.22. The van der Waals surface area contributed by atoms with Crippen molar-refractivity contribution in [1.82, 2.24) is 4.90 Å². The monoisotopic (exact) mass is 396 g/mol. The van der Waals surface area contributed by atoms with Crippen molar-refractivity contribution >= 4 is 28.9 Å². The maximum Gasteiger partial charge on any atom is 0.241 e. The molecule has 0 spiro atoms. The highest BCUT2D eigenvalue weighted by Gasteiger charge is 2.21. The number of methoxy groups -OCH3 is 1. The lowest BCUT2D eigenvalue weighted by molar-refractivity contribution is -0.129. The van der Waals surface area contributed by atoms with Crippen LogP contribution < -0.4 is 20.3 Å². The Morgan fingerprint density at radius 2 is 1.66 bits per heavy atom. The Morgan fingerprint density at radius 1 is 1.00 bits per heavy atom. The third-order valence-corrected chi connectivity index (χ3v) is 5.14. The molecule has 1 saturated heterocycles. The van der Waals surface area contributed by atoms with Gasteiger partial charge in [0, 0.05) is 50.2 Å². The second-order valence-electron chi connectivity index (χ2n) is 7.08. The van der Waals surface area contributed by atoms with Crippen LogP contribution in [0, 0.1) is 6.92 Å². The van der Waals surface area contributed by atoms with Crippen LogP contribution in [0.2, 0.25) is 0 Å². The molecular weight excluding hydrogens is 368 g/mol. The van der Waals surface area contributed by atoms with Crippen molar-refractivity contribution in [3.63, 3.8) is 0 Å². The lowest BCUT2D eigenvalue weighted by Gasteiger charge is -2.36. The highest BCUT2D eigenvalue weighted by Crippen LogP contribution is 2.23. The van der Waals surface area contributed by atoms with E-state index in [1.54, 1.807) is 7.11 Å². The Kier molecular flexibility index (Phi) is 6.59. The van der Waals surface area contributed by atoms with Gasteiger partial charge in [0.1, 0.15) is 5.75 Å². The van der Waals surface area contributed by atoms with Gasteiger partial charge < -0.3 is 25.2 Å². The topological polar surface area (TPSA) is 73.9 Å². The molecule has 0 atom stereocenters. The quantitative estimate of drug-likeness (QED) is 0.785. The Balaban J connectivity index is 1.52. The number of nitrogens with one attached hydrogen (secondary N) is 2. The minimum absolute atomic E-state index is 0.0729. The molecule has 0 aromatic heterocycles. The molecule has 29 heavy (non-hydrogen) atoms. The van der Waals surface area contributed by atoms with E-state index in [9.17, 15) is 9.59 Å². The molecular formula is C22H28N4O3. The summed E-state index contributed by atoms with van der Waals surface area (Å²) in [6.45, 7) is 6.62. The minimum atomic E-state index is -0.115. The first-order valence-electron chi connectivity index (χ1n) is 9.76. The molecule has 2 amide bonds. The summed E-state index contributed by atoms with van der Waals surface area (Å²) in [6.07, 6.45) is 0. The van der Waals surface area contributed by atoms with Crippen molar-refractivity contribution in [2.45, 2.75) is 13.8 Å². The van der Waals surface area contributed by atoms with Crippen LogP contribution in [0.3, 0.4) is 0 Å². The number of nitrogens with zero attached hydrogens (tertiary/aromatic N) is 2. The molecule has 154 valence electrons. The summed E-state index contributed by atoms with van der Waals surface area (Å²) >= 11 is 0. The van der Waals surface area contributed by atoms with Crippen molar-refractivity contribution < 1.29 is 14.3 Å². The summed E-state index contributed by atoms with van der Waals surface area (Å²) in [4.78, 5) is 28.1. The zero-order chi connectivity index (χ0) is 20.8. The maximum atomic E-state index is 12.6. The van der Waals surface area contributed by atoms with Crippen LogP contribution in [0.5, 0.6) is 5.75 Å². The molecule has 1 heterocycles. The number of carbonyl (C=O) groups is 2. The Morgan fingerprint density at radius 3 is 2.28 bits per heavy atom. The van der Waals surface area contributed by atoms with Gasteiger partial charge in [0.15, 0.2) is 0 Å². The van der Waals surface area contributed by atoms with Crippen molar-refractivity contribution in [1.29, 1.82) is 0 Å². The van der Waals surface area contributed by atoms with E-state index in [0.29, 0.717) is 13.1 Å². The number of anilines is 3. The Bertz CT molecular complexity index is 859. The SMILES string of the molecule is COc1ccc(N2CCN(C(=O)CNc3cccc(NC(C)=O)c3C)CC2)cc1. The van der Waals surface area contributed by atoms with E-state index < -0.39 is 0 Å². The normalized spacial score (nSPS) is 13.8. The minimum Gasteiger partial charge on any atom is -0.497 e. The molecule has 1 aliphatic heterocycles. The average Bonchev–Trinajstić information content (AvgIpc) is 2.74. The van der Waals surface area contributed by atoms with Gasteiger partial charge in [-0.2, -0.15) is 0 Å². The van der Waals surface area contributed by atoms with E-state index in [4.69, 9.17) is 4.74 Å². The van der Waals surface area contributed by atoms with Crippen LogP contribution in [0.1, 0.15) is 12.5 Å². The molecule has 7 heteroatoms. The number of hydrogen-bond acceptors (Lipinski definition) is 5. The second kappa shape index (κ2) is 9.32. The van der Waals surface area contributed by atoms with E-state index in [1.807, 2.05) is 54.3 Å². The van der Waals surface area contributed by atoms with Crippen molar-refractivity contribution in [3.8, 4) is 5.75 Å². The summed E-state index contributed by atoms with van der Waals surface area (Å²) in [5.74, 6) is 0.797. The molecule has 2 aromatic rings. The van der Waals surface area contributed by atoms with Gasteiger partial charge in [-0.3, -0.25) is 9.59 Å². The highest BCUT2D eigenvalue weighted by molar-refractivity contribution is 5.91. The lowest BCUT2D eigenvalue weighted by Crippen LogP contribution is -2.50. The Labute approximate surface area is 171 Å². The molecule has 0 saturated carbocycles. The molecule has 0 aliphatic carbocycles. The van der Waals surface area contributed by atoms with Crippen LogP contribution in [0.25, 0.3) is 0 Å². The molecule has 2 aromatic carbocycles. The van der Waals surface area contributed by atoms with Gasteiger partial charge in [-0.1, -0.05) is 6.07 Å².